The molecule has 0 aliphatic rings. The predicted molar refractivity (Wildman–Crippen MR) is 69.8 cm³/mol. The molecule has 3 heteroatoms. The van der Waals surface area contributed by atoms with E-state index in [2.05, 4.69) is 36.7 Å². The van der Waals surface area contributed by atoms with Crippen molar-refractivity contribution >= 4 is 22.9 Å². The maximum atomic E-state index is 5.60. The van der Waals surface area contributed by atoms with Gasteiger partial charge in [0.2, 0.25) is 0 Å². The van der Waals surface area contributed by atoms with Crippen LogP contribution in [-0.4, -0.2) is 13.1 Å². The molecule has 0 bridgehead atoms. The predicted octanol–water partition coefficient (Wildman–Crippen LogP) is 3.76. The molecule has 1 aromatic heterocycles. The lowest BCUT2D eigenvalue weighted by Crippen LogP contribution is -2.33. The van der Waals surface area contributed by atoms with Crippen molar-refractivity contribution in [3.05, 3.63) is 33.5 Å². The van der Waals surface area contributed by atoms with E-state index in [4.69, 9.17) is 11.6 Å². The number of hydrogen-bond acceptors (Lipinski definition) is 2. The molecule has 1 aromatic rings. The molecule has 0 radical (unpaired) electrons. The largest absolute Gasteiger partial charge is 0.312 e. The van der Waals surface area contributed by atoms with E-state index in [1.54, 1.807) is 5.54 Å². The zero-order chi connectivity index (χ0) is 11.3. The average molecular weight is 244 g/mol. The first-order valence-corrected chi connectivity index (χ1v) is 6.38. The van der Waals surface area contributed by atoms with E-state index in [-0.39, 0.29) is 5.41 Å². The van der Waals surface area contributed by atoms with Crippen LogP contribution in [0.4, 0.5) is 0 Å². The van der Waals surface area contributed by atoms with E-state index in [1.807, 2.05) is 18.3 Å². The lowest BCUT2D eigenvalue weighted by molar-refractivity contribution is 0.489. The van der Waals surface area contributed by atoms with E-state index in [0.717, 1.165) is 13.1 Å². The molecule has 1 heterocycles. The summed E-state index contributed by atoms with van der Waals surface area (Å²) in [5.41, 5.74) is 2.99. The van der Waals surface area contributed by atoms with Gasteiger partial charge in [0.25, 0.3) is 0 Å². The first-order chi connectivity index (χ1) is 7.06. The minimum atomic E-state index is 0.195. The summed E-state index contributed by atoms with van der Waals surface area (Å²) in [6.07, 6.45) is 0. The van der Waals surface area contributed by atoms with E-state index < -0.39 is 0 Å². The molecule has 0 aliphatic carbocycles. The van der Waals surface area contributed by atoms with Gasteiger partial charge in [-0.15, -0.1) is 11.3 Å². The fraction of sp³-hybridized carbons (Fsp3) is 0.500. The quantitative estimate of drug-likeness (QED) is 0.831. The van der Waals surface area contributed by atoms with Crippen LogP contribution in [-0.2, 0) is 5.41 Å². The van der Waals surface area contributed by atoms with Crippen molar-refractivity contribution in [3.8, 4) is 0 Å². The molecule has 0 amide bonds. The average Bonchev–Trinajstić information content (AvgIpc) is 2.70. The van der Waals surface area contributed by atoms with Gasteiger partial charge < -0.3 is 5.32 Å². The molecule has 0 spiro atoms. The summed E-state index contributed by atoms with van der Waals surface area (Å²) < 4.78 is 0. The summed E-state index contributed by atoms with van der Waals surface area (Å²) in [5.74, 6) is 0. The van der Waals surface area contributed by atoms with Gasteiger partial charge in [0.15, 0.2) is 0 Å². The van der Waals surface area contributed by atoms with E-state index >= 15 is 0 Å². The van der Waals surface area contributed by atoms with E-state index in [1.165, 1.54) is 10.5 Å². The van der Waals surface area contributed by atoms with Crippen LogP contribution in [0.5, 0.6) is 0 Å². The van der Waals surface area contributed by atoms with Crippen molar-refractivity contribution < 1.29 is 0 Å². The summed E-state index contributed by atoms with van der Waals surface area (Å²) in [4.78, 5) is 1.42. The number of rotatable bonds is 5. The molecule has 0 saturated heterocycles. The van der Waals surface area contributed by atoms with Gasteiger partial charge in [0.1, 0.15) is 0 Å². The zero-order valence-electron chi connectivity index (χ0n) is 9.51. The standard InChI is InChI=1S/C12H18ClNS/c1-10(7-13)8-14-9-12(2,3)11-5-4-6-15-11/h4-7,14H,8-9H2,1-3H3/b10-7-. The van der Waals surface area contributed by atoms with Gasteiger partial charge in [-0.05, 0) is 23.9 Å². The Morgan fingerprint density at radius 2 is 2.33 bits per heavy atom. The van der Waals surface area contributed by atoms with Gasteiger partial charge in [0.05, 0.1) is 0 Å². The second kappa shape index (κ2) is 5.69. The molecule has 0 atom stereocenters. The van der Waals surface area contributed by atoms with Gasteiger partial charge in [-0.1, -0.05) is 31.5 Å². The highest BCUT2D eigenvalue weighted by Gasteiger charge is 2.20. The highest BCUT2D eigenvalue weighted by Crippen LogP contribution is 2.26. The molecular formula is C12H18ClNS. The maximum absolute atomic E-state index is 5.60. The Bertz CT molecular complexity index is 314. The van der Waals surface area contributed by atoms with E-state index in [0.29, 0.717) is 0 Å². The maximum Gasteiger partial charge on any atom is 0.0173 e. The van der Waals surface area contributed by atoms with Crippen molar-refractivity contribution in [3.63, 3.8) is 0 Å². The smallest absolute Gasteiger partial charge is 0.0173 e. The van der Waals surface area contributed by atoms with Crippen LogP contribution < -0.4 is 5.32 Å². The van der Waals surface area contributed by atoms with Crippen LogP contribution in [0.1, 0.15) is 25.6 Å². The lowest BCUT2D eigenvalue weighted by Gasteiger charge is -2.23. The van der Waals surface area contributed by atoms with Crippen LogP contribution in [0.15, 0.2) is 28.6 Å². The molecule has 1 N–H and O–H groups in total. The lowest BCUT2D eigenvalue weighted by atomic mass is 9.91. The second-order valence-electron chi connectivity index (χ2n) is 4.42. The second-order valence-corrected chi connectivity index (χ2v) is 5.59. The minimum Gasteiger partial charge on any atom is -0.312 e. The van der Waals surface area contributed by atoms with Crippen molar-refractivity contribution in [1.29, 1.82) is 0 Å². The Kier molecular flexibility index (Phi) is 4.84. The molecule has 15 heavy (non-hydrogen) atoms. The van der Waals surface area contributed by atoms with E-state index in [9.17, 15) is 0 Å². The van der Waals surface area contributed by atoms with Crippen molar-refractivity contribution in [1.82, 2.24) is 5.32 Å². The van der Waals surface area contributed by atoms with Crippen LogP contribution >= 0.6 is 22.9 Å². The fourth-order valence-electron chi connectivity index (χ4n) is 1.36. The highest BCUT2D eigenvalue weighted by molar-refractivity contribution is 7.10. The minimum absolute atomic E-state index is 0.195. The molecule has 1 nitrogen and oxygen atoms in total. The van der Waals surface area contributed by atoms with Gasteiger partial charge in [-0.3, -0.25) is 0 Å². The first-order valence-electron chi connectivity index (χ1n) is 5.07. The topological polar surface area (TPSA) is 12.0 Å². The molecule has 0 unspecified atom stereocenters. The van der Waals surface area contributed by atoms with Gasteiger partial charge in [-0.2, -0.15) is 0 Å². The fourth-order valence-corrected chi connectivity index (χ4v) is 2.29. The van der Waals surface area contributed by atoms with Crippen LogP contribution in [0.25, 0.3) is 0 Å². The van der Waals surface area contributed by atoms with Crippen molar-refractivity contribution in [2.45, 2.75) is 26.2 Å². The third-order valence-corrected chi connectivity index (χ3v) is 3.95. The normalized spacial score (nSPS) is 13.2. The molecule has 0 saturated carbocycles. The Balaban J connectivity index is 2.44. The van der Waals surface area contributed by atoms with Crippen molar-refractivity contribution in [2.75, 3.05) is 13.1 Å². The third kappa shape index (κ3) is 3.98. The van der Waals surface area contributed by atoms with Crippen LogP contribution in [0.3, 0.4) is 0 Å². The van der Waals surface area contributed by atoms with Gasteiger partial charge in [0, 0.05) is 28.9 Å². The Morgan fingerprint density at radius 3 is 2.87 bits per heavy atom. The van der Waals surface area contributed by atoms with Gasteiger partial charge >= 0.3 is 0 Å². The number of nitrogens with one attached hydrogen (secondary N) is 1. The summed E-state index contributed by atoms with van der Waals surface area (Å²) in [6, 6.07) is 4.29. The number of hydrogen-bond donors (Lipinski definition) is 1. The SMILES string of the molecule is C/C(=C/Cl)CNCC(C)(C)c1cccs1. The summed E-state index contributed by atoms with van der Waals surface area (Å²) in [5, 5.41) is 5.54. The number of halogens is 1. The molecular weight excluding hydrogens is 226 g/mol. The Morgan fingerprint density at radius 1 is 1.60 bits per heavy atom. The first kappa shape index (κ1) is 12.8. The summed E-state index contributed by atoms with van der Waals surface area (Å²) >= 11 is 7.42. The molecule has 0 fully saturated rings. The molecule has 0 aliphatic heterocycles. The number of thiophene rings is 1. The highest BCUT2D eigenvalue weighted by atomic mass is 35.5. The summed E-state index contributed by atoms with van der Waals surface area (Å²) in [6.45, 7) is 8.36. The Hall–Kier alpha value is -0.310. The van der Waals surface area contributed by atoms with Gasteiger partial charge in [-0.25, -0.2) is 0 Å². The molecule has 0 aromatic carbocycles. The van der Waals surface area contributed by atoms with Crippen LogP contribution in [0, 0.1) is 0 Å². The monoisotopic (exact) mass is 243 g/mol. The zero-order valence-corrected chi connectivity index (χ0v) is 11.1. The van der Waals surface area contributed by atoms with Crippen molar-refractivity contribution in [2.24, 2.45) is 0 Å². The molecule has 84 valence electrons. The summed E-state index contributed by atoms with van der Waals surface area (Å²) in [7, 11) is 0. The van der Waals surface area contributed by atoms with Crippen LogP contribution in [0.2, 0.25) is 0 Å². The third-order valence-electron chi connectivity index (χ3n) is 2.35. The Labute approximate surface area is 101 Å². The molecule has 1 rings (SSSR count).